The van der Waals surface area contributed by atoms with Crippen LogP contribution in [0.5, 0.6) is 0 Å². The first-order chi connectivity index (χ1) is 8.47. The van der Waals surface area contributed by atoms with E-state index in [0.717, 1.165) is 32.4 Å². The lowest BCUT2D eigenvalue weighted by molar-refractivity contribution is -0.123. The highest BCUT2D eigenvalue weighted by molar-refractivity contribution is 5.76. The number of piperidine rings is 1. The average molecular weight is 255 g/mol. The molecule has 0 aromatic heterocycles. The maximum atomic E-state index is 11.7. The monoisotopic (exact) mass is 255 g/mol. The first kappa shape index (κ1) is 15.0. The summed E-state index contributed by atoms with van der Waals surface area (Å²) in [6, 6.07) is 0.258. The van der Waals surface area contributed by atoms with Crippen LogP contribution in [0.2, 0.25) is 0 Å². The molecule has 1 saturated heterocycles. The van der Waals surface area contributed by atoms with Crippen LogP contribution in [0.25, 0.3) is 0 Å². The van der Waals surface area contributed by atoms with Crippen molar-refractivity contribution in [3.05, 3.63) is 0 Å². The predicted molar refractivity (Wildman–Crippen MR) is 70.9 cm³/mol. The van der Waals surface area contributed by atoms with Crippen LogP contribution < -0.4 is 11.1 Å². The van der Waals surface area contributed by atoms with Gasteiger partial charge in [0.2, 0.25) is 11.8 Å². The molecule has 1 aliphatic heterocycles. The molecule has 0 aromatic rings. The van der Waals surface area contributed by atoms with Gasteiger partial charge < -0.3 is 11.1 Å². The highest BCUT2D eigenvalue weighted by Crippen LogP contribution is 2.11. The second-order valence-corrected chi connectivity index (χ2v) is 5.52. The van der Waals surface area contributed by atoms with Crippen LogP contribution in [0.3, 0.4) is 0 Å². The van der Waals surface area contributed by atoms with E-state index in [-0.39, 0.29) is 17.9 Å². The molecule has 5 heteroatoms. The molecule has 0 aliphatic carbocycles. The van der Waals surface area contributed by atoms with E-state index in [1.165, 1.54) is 0 Å². The minimum atomic E-state index is -0.283. The van der Waals surface area contributed by atoms with E-state index in [1.54, 1.807) is 0 Å². The third-order valence-corrected chi connectivity index (χ3v) is 3.28. The quantitative estimate of drug-likeness (QED) is 0.725. The fourth-order valence-corrected chi connectivity index (χ4v) is 2.18. The fourth-order valence-electron chi connectivity index (χ4n) is 2.18. The van der Waals surface area contributed by atoms with Crippen molar-refractivity contribution in [1.82, 2.24) is 10.2 Å². The third kappa shape index (κ3) is 6.00. The van der Waals surface area contributed by atoms with E-state index in [9.17, 15) is 9.59 Å². The second kappa shape index (κ2) is 7.36. The summed E-state index contributed by atoms with van der Waals surface area (Å²) in [6.45, 7) is 6.23. The van der Waals surface area contributed by atoms with Gasteiger partial charge in [-0.05, 0) is 25.2 Å². The number of likely N-dealkylation sites (tertiary alicyclic amines) is 1. The molecule has 3 N–H and O–H groups in total. The number of rotatable bonds is 6. The largest absolute Gasteiger partial charge is 0.369 e. The average Bonchev–Trinajstić information content (AvgIpc) is 2.28. The Morgan fingerprint density at radius 2 is 1.94 bits per heavy atom. The molecule has 0 atom stereocenters. The molecule has 1 fully saturated rings. The van der Waals surface area contributed by atoms with Gasteiger partial charge in [-0.15, -0.1) is 0 Å². The molecule has 104 valence electrons. The molecule has 0 radical (unpaired) electrons. The molecule has 2 amide bonds. The Morgan fingerprint density at radius 1 is 1.33 bits per heavy atom. The summed E-state index contributed by atoms with van der Waals surface area (Å²) in [6.07, 6.45) is 3.35. The van der Waals surface area contributed by atoms with E-state index in [1.807, 2.05) is 4.90 Å². The Hall–Kier alpha value is -1.10. The van der Waals surface area contributed by atoms with Gasteiger partial charge in [0.05, 0.1) is 6.54 Å². The van der Waals surface area contributed by atoms with Gasteiger partial charge in [0.15, 0.2) is 0 Å². The number of hydrogen-bond donors (Lipinski definition) is 2. The number of nitrogens with two attached hydrogens (primary N) is 1. The van der Waals surface area contributed by atoms with E-state index in [4.69, 9.17) is 5.73 Å². The summed E-state index contributed by atoms with van der Waals surface area (Å²) < 4.78 is 0. The zero-order chi connectivity index (χ0) is 13.5. The number of hydrogen-bond acceptors (Lipinski definition) is 3. The molecule has 0 saturated carbocycles. The number of nitrogens with zero attached hydrogens (tertiary/aromatic N) is 1. The van der Waals surface area contributed by atoms with Crippen molar-refractivity contribution in [3.8, 4) is 0 Å². The smallest absolute Gasteiger partial charge is 0.231 e. The number of amides is 2. The summed E-state index contributed by atoms with van der Waals surface area (Å²) in [7, 11) is 0. The van der Waals surface area contributed by atoms with Gasteiger partial charge in [0, 0.05) is 25.6 Å². The topological polar surface area (TPSA) is 75.4 Å². The lowest BCUT2D eigenvalue weighted by atomic mass is 10.0. The van der Waals surface area contributed by atoms with E-state index in [0.29, 0.717) is 18.9 Å². The highest BCUT2D eigenvalue weighted by Gasteiger charge is 2.21. The van der Waals surface area contributed by atoms with E-state index >= 15 is 0 Å². The highest BCUT2D eigenvalue weighted by atomic mass is 16.2. The van der Waals surface area contributed by atoms with Crippen LogP contribution in [-0.2, 0) is 9.59 Å². The van der Waals surface area contributed by atoms with Crippen molar-refractivity contribution in [1.29, 1.82) is 0 Å². The van der Waals surface area contributed by atoms with Gasteiger partial charge in [-0.2, -0.15) is 0 Å². The molecule has 0 unspecified atom stereocenters. The van der Waals surface area contributed by atoms with Gasteiger partial charge in [0.1, 0.15) is 0 Å². The van der Waals surface area contributed by atoms with Crippen LogP contribution in [0.15, 0.2) is 0 Å². The normalized spacial score (nSPS) is 17.9. The summed E-state index contributed by atoms with van der Waals surface area (Å²) >= 11 is 0. The van der Waals surface area contributed by atoms with E-state index < -0.39 is 0 Å². The van der Waals surface area contributed by atoms with Crippen molar-refractivity contribution in [2.75, 3.05) is 19.6 Å². The maximum Gasteiger partial charge on any atom is 0.231 e. The Morgan fingerprint density at radius 3 is 2.44 bits per heavy atom. The summed E-state index contributed by atoms with van der Waals surface area (Å²) in [5.41, 5.74) is 5.16. The second-order valence-electron chi connectivity index (χ2n) is 5.52. The van der Waals surface area contributed by atoms with Crippen molar-refractivity contribution < 1.29 is 9.59 Å². The molecule has 1 heterocycles. The van der Waals surface area contributed by atoms with Crippen LogP contribution >= 0.6 is 0 Å². The van der Waals surface area contributed by atoms with Crippen molar-refractivity contribution in [3.63, 3.8) is 0 Å². The van der Waals surface area contributed by atoms with Gasteiger partial charge in [0.25, 0.3) is 0 Å². The van der Waals surface area contributed by atoms with Gasteiger partial charge in [-0.25, -0.2) is 0 Å². The third-order valence-electron chi connectivity index (χ3n) is 3.28. The van der Waals surface area contributed by atoms with Gasteiger partial charge in [-0.3, -0.25) is 14.5 Å². The molecule has 0 bridgehead atoms. The zero-order valence-corrected chi connectivity index (χ0v) is 11.4. The van der Waals surface area contributed by atoms with Gasteiger partial charge in [-0.1, -0.05) is 13.8 Å². The molecular weight excluding hydrogens is 230 g/mol. The number of carbonyl (C=O) groups is 2. The number of primary amides is 1. The van der Waals surface area contributed by atoms with Crippen LogP contribution in [0, 0.1) is 5.92 Å². The van der Waals surface area contributed by atoms with Crippen molar-refractivity contribution in [2.45, 2.75) is 45.6 Å². The molecular formula is C13H25N3O2. The fraction of sp³-hybridized carbons (Fsp3) is 0.846. The first-order valence-electron chi connectivity index (χ1n) is 6.77. The maximum absolute atomic E-state index is 11.7. The first-order valence-corrected chi connectivity index (χ1v) is 6.77. The number of nitrogens with one attached hydrogen (secondary N) is 1. The summed E-state index contributed by atoms with van der Waals surface area (Å²) in [5.74, 6) is 0.430. The Balaban J connectivity index is 2.18. The van der Waals surface area contributed by atoms with Crippen LogP contribution in [-0.4, -0.2) is 42.4 Å². The SMILES string of the molecule is CC(C)CCC(=O)NC1CCN(CC(N)=O)CC1. The Kier molecular flexibility index (Phi) is 6.12. The molecule has 0 aromatic carbocycles. The number of carbonyl (C=O) groups excluding carboxylic acids is 2. The molecule has 18 heavy (non-hydrogen) atoms. The minimum absolute atomic E-state index is 0.150. The molecule has 5 nitrogen and oxygen atoms in total. The Bertz CT molecular complexity index is 284. The molecule has 0 spiro atoms. The lowest BCUT2D eigenvalue weighted by Crippen LogP contribution is -2.46. The van der Waals surface area contributed by atoms with Crippen LogP contribution in [0.1, 0.15) is 39.5 Å². The zero-order valence-electron chi connectivity index (χ0n) is 11.4. The predicted octanol–water partition coefficient (Wildman–Crippen LogP) is 0.489. The summed E-state index contributed by atoms with van der Waals surface area (Å²) in [5, 5.41) is 3.07. The Labute approximate surface area is 109 Å². The standard InChI is InChI=1S/C13H25N3O2/c1-10(2)3-4-13(18)15-11-5-7-16(8-6-11)9-12(14)17/h10-11H,3-9H2,1-2H3,(H2,14,17)(H,15,18). The minimum Gasteiger partial charge on any atom is -0.369 e. The lowest BCUT2D eigenvalue weighted by Gasteiger charge is -2.31. The molecule has 1 rings (SSSR count). The van der Waals surface area contributed by atoms with E-state index in [2.05, 4.69) is 19.2 Å². The van der Waals surface area contributed by atoms with Gasteiger partial charge >= 0.3 is 0 Å². The summed E-state index contributed by atoms with van der Waals surface area (Å²) in [4.78, 5) is 24.5. The van der Waals surface area contributed by atoms with Crippen molar-refractivity contribution >= 4 is 11.8 Å². The van der Waals surface area contributed by atoms with Crippen LogP contribution in [0.4, 0.5) is 0 Å². The molecule has 1 aliphatic rings. The van der Waals surface area contributed by atoms with Crippen molar-refractivity contribution in [2.24, 2.45) is 11.7 Å².